The Bertz CT molecular complexity index is 381. The highest BCUT2D eigenvalue weighted by Crippen LogP contribution is 2.12. The number of halogens is 2. The summed E-state index contributed by atoms with van der Waals surface area (Å²) in [6.45, 7) is 4.59. The van der Waals surface area contributed by atoms with Crippen molar-refractivity contribution in [2.45, 2.75) is 13.8 Å². The molecule has 1 aromatic rings. The van der Waals surface area contributed by atoms with E-state index < -0.39 is 5.82 Å². The van der Waals surface area contributed by atoms with Gasteiger partial charge >= 0.3 is 0 Å². The fourth-order valence-electron chi connectivity index (χ4n) is 1.47. The van der Waals surface area contributed by atoms with Gasteiger partial charge in [0.1, 0.15) is 5.82 Å². The number of carbonyl (C=O) groups excluding carboxylic acids is 1. The van der Waals surface area contributed by atoms with Gasteiger partial charge in [0.2, 0.25) is 0 Å². The van der Waals surface area contributed by atoms with Gasteiger partial charge in [0.05, 0.1) is 5.56 Å². The van der Waals surface area contributed by atoms with Gasteiger partial charge in [-0.3, -0.25) is 4.79 Å². The maximum absolute atomic E-state index is 13.6. The third kappa shape index (κ3) is 2.95. The van der Waals surface area contributed by atoms with Gasteiger partial charge in [-0.05, 0) is 31.5 Å². The van der Waals surface area contributed by atoms with E-state index in [1.165, 1.54) is 17.0 Å². The minimum Gasteiger partial charge on any atom is -0.338 e. The zero-order valence-electron chi connectivity index (χ0n) is 9.46. The molecule has 0 fully saturated rings. The quantitative estimate of drug-likeness (QED) is 0.745. The second-order valence-electron chi connectivity index (χ2n) is 3.56. The van der Waals surface area contributed by atoms with Crippen molar-refractivity contribution in [3.8, 4) is 0 Å². The minimum atomic E-state index is -0.474. The van der Waals surface area contributed by atoms with E-state index in [1.807, 2.05) is 6.92 Å². The smallest absolute Gasteiger partial charge is 0.256 e. The predicted molar refractivity (Wildman–Crippen MR) is 63.4 cm³/mol. The van der Waals surface area contributed by atoms with Crippen LogP contribution in [0.1, 0.15) is 22.8 Å². The third-order valence-corrected chi connectivity index (χ3v) is 2.55. The molecule has 0 N–H and O–H groups in total. The molecule has 0 aliphatic heterocycles. The molecule has 0 spiro atoms. The van der Waals surface area contributed by atoms with Crippen LogP contribution in [0.2, 0.25) is 0 Å². The van der Waals surface area contributed by atoms with Crippen LogP contribution < -0.4 is 0 Å². The van der Waals surface area contributed by atoms with E-state index in [1.54, 1.807) is 13.0 Å². The maximum Gasteiger partial charge on any atom is 0.256 e. The number of aryl methyl sites for hydroxylation is 1. The molecule has 0 unspecified atom stereocenters. The van der Waals surface area contributed by atoms with Crippen LogP contribution in [0.3, 0.4) is 0 Å². The largest absolute Gasteiger partial charge is 0.338 e. The molecule has 0 aliphatic carbocycles. The first-order valence-corrected chi connectivity index (χ1v) is 5.75. The van der Waals surface area contributed by atoms with Crippen LogP contribution in [0.15, 0.2) is 18.2 Å². The first kappa shape index (κ1) is 13.0. The lowest BCUT2D eigenvalue weighted by Gasteiger charge is -2.19. The summed E-state index contributed by atoms with van der Waals surface area (Å²) in [5.74, 6) is -0.425. The molecule has 2 nitrogen and oxygen atoms in total. The van der Waals surface area contributed by atoms with E-state index in [2.05, 4.69) is 0 Å². The molecule has 1 rings (SSSR count). The molecule has 0 radical (unpaired) electrons. The van der Waals surface area contributed by atoms with Crippen LogP contribution in [0.25, 0.3) is 0 Å². The zero-order chi connectivity index (χ0) is 12.1. The monoisotopic (exact) mass is 243 g/mol. The summed E-state index contributed by atoms with van der Waals surface area (Å²) in [6.07, 6.45) is 0. The molecule has 0 bridgehead atoms. The van der Waals surface area contributed by atoms with Crippen LogP contribution >= 0.6 is 11.6 Å². The number of rotatable bonds is 4. The molecule has 0 atom stereocenters. The Morgan fingerprint density at radius 2 is 2.19 bits per heavy atom. The Labute approximate surface area is 100 Å². The van der Waals surface area contributed by atoms with Crippen molar-refractivity contribution in [1.29, 1.82) is 0 Å². The second-order valence-corrected chi connectivity index (χ2v) is 3.94. The number of amides is 1. The Morgan fingerprint density at radius 1 is 1.50 bits per heavy atom. The zero-order valence-corrected chi connectivity index (χ0v) is 10.2. The molecule has 88 valence electrons. The molecule has 0 aromatic heterocycles. The third-order valence-electron chi connectivity index (χ3n) is 2.38. The van der Waals surface area contributed by atoms with Crippen molar-refractivity contribution in [3.63, 3.8) is 0 Å². The van der Waals surface area contributed by atoms with Gasteiger partial charge in [0.15, 0.2) is 0 Å². The van der Waals surface area contributed by atoms with Gasteiger partial charge in [-0.25, -0.2) is 4.39 Å². The maximum atomic E-state index is 13.6. The highest BCUT2D eigenvalue weighted by Gasteiger charge is 2.17. The number of alkyl halides is 1. The van der Waals surface area contributed by atoms with E-state index in [0.29, 0.717) is 19.0 Å². The Kier molecular flexibility index (Phi) is 4.74. The summed E-state index contributed by atoms with van der Waals surface area (Å²) in [5.41, 5.74) is 0.909. The lowest BCUT2D eigenvalue weighted by atomic mass is 10.1. The van der Waals surface area contributed by atoms with Crippen molar-refractivity contribution < 1.29 is 9.18 Å². The average molecular weight is 244 g/mol. The summed E-state index contributed by atoms with van der Waals surface area (Å²) in [7, 11) is 0. The summed E-state index contributed by atoms with van der Waals surface area (Å²) < 4.78 is 13.6. The van der Waals surface area contributed by atoms with E-state index in [4.69, 9.17) is 11.6 Å². The van der Waals surface area contributed by atoms with Gasteiger partial charge in [0, 0.05) is 19.0 Å². The van der Waals surface area contributed by atoms with Crippen LogP contribution in [-0.4, -0.2) is 29.8 Å². The van der Waals surface area contributed by atoms with Crippen molar-refractivity contribution in [1.82, 2.24) is 4.90 Å². The van der Waals surface area contributed by atoms with Gasteiger partial charge in [-0.1, -0.05) is 6.07 Å². The second kappa shape index (κ2) is 5.85. The summed E-state index contributed by atoms with van der Waals surface area (Å²) in [5, 5.41) is 0. The lowest BCUT2D eigenvalue weighted by molar-refractivity contribution is 0.0769. The molecular formula is C12H15ClFNO. The Balaban J connectivity index is 2.94. The summed E-state index contributed by atoms with van der Waals surface area (Å²) in [6, 6.07) is 4.61. The van der Waals surface area contributed by atoms with Crippen LogP contribution in [0.4, 0.5) is 4.39 Å². The fraction of sp³-hybridized carbons (Fsp3) is 0.417. The Morgan fingerprint density at radius 3 is 2.69 bits per heavy atom. The van der Waals surface area contributed by atoms with Gasteiger partial charge in [-0.2, -0.15) is 0 Å². The van der Waals surface area contributed by atoms with Crippen LogP contribution in [0, 0.1) is 12.7 Å². The average Bonchev–Trinajstić information content (AvgIpc) is 2.25. The highest BCUT2D eigenvalue weighted by atomic mass is 35.5. The SMILES string of the molecule is CCN(CCCl)C(=O)c1ccc(C)cc1F. The molecule has 1 aromatic carbocycles. The molecular weight excluding hydrogens is 229 g/mol. The van der Waals surface area contributed by atoms with E-state index in [-0.39, 0.29) is 11.5 Å². The summed E-state index contributed by atoms with van der Waals surface area (Å²) >= 11 is 5.58. The number of hydrogen-bond donors (Lipinski definition) is 0. The molecule has 0 saturated heterocycles. The van der Waals surface area contributed by atoms with Crippen molar-refractivity contribution in [3.05, 3.63) is 35.1 Å². The molecule has 0 aliphatic rings. The predicted octanol–water partition coefficient (Wildman–Crippen LogP) is 2.84. The topological polar surface area (TPSA) is 20.3 Å². The molecule has 0 saturated carbocycles. The minimum absolute atomic E-state index is 0.109. The van der Waals surface area contributed by atoms with E-state index in [9.17, 15) is 9.18 Å². The van der Waals surface area contributed by atoms with E-state index >= 15 is 0 Å². The lowest BCUT2D eigenvalue weighted by Crippen LogP contribution is -2.33. The van der Waals surface area contributed by atoms with Gasteiger partial charge in [0.25, 0.3) is 5.91 Å². The van der Waals surface area contributed by atoms with E-state index in [0.717, 1.165) is 5.56 Å². The van der Waals surface area contributed by atoms with Crippen molar-refractivity contribution in [2.75, 3.05) is 19.0 Å². The van der Waals surface area contributed by atoms with Crippen molar-refractivity contribution in [2.24, 2.45) is 0 Å². The standard InChI is InChI=1S/C12H15ClFNO/c1-3-15(7-6-13)12(16)10-5-4-9(2)8-11(10)14/h4-5,8H,3,6-7H2,1-2H3. The molecule has 16 heavy (non-hydrogen) atoms. The van der Waals surface area contributed by atoms with Crippen LogP contribution in [-0.2, 0) is 0 Å². The number of benzene rings is 1. The number of nitrogens with zero attached hydrogens (tertiary/aromatic N) is 1. The van der Waals surface area contributed by atoms with Gasteiger partial charge < -0.3 is 4.90 Å². The van der Waals surface area contributed by atoms with Crippen molar-refractivity contribution >= 4 is 17.5 Å². The molecule has 1 amide bonds. The number of hydrogen-bond acceptors (Lipinski definition) is 1. The highest BCUT2D eigenvalue weighted by molar-refractivity contribution is 6.18. The molecule has 4 heteroatoms. The fourth-order valence-corrected chi connectivity index (χ4v) is 1.67. The first-order chi connectivity index (χ1) is 7.60. The Hall–Kier alpha value is -1.09. The van der Waals surface area contributed by atoms with Gasteiger partial charge in [-0.15, -0.1) is 11.6 Å². The number of carbonyl (C=O) groups is 1. The summed E-state index contributed by atoms with van der Waals surface area (Å²) in [4.78, 5) is 13.5. The molecule has 0 heterocycles. The first-order valence-electron chi connectivity index (χ1n) is 5.21. The normalized spacial score (nSPS) is 10.2. The van der Waals surface area contributed by atoms with Crippen LogP contribution in [0.5, 0.6) is 0 Å².